The molecule has 18 heavy (non-hydrogen) atoms. The van der Waals surface area contributed by atoms with Crippen molar-refractivity contribution in [1.82, 2.24) is 0 Å². The summed E-state index contributed by atoms with van der Waals surface area (Å²) in [5.41, 5.74) is 2.73. The maximum atomic E-state index is 5.38. The number of nitrogens with zero attached hydrogens (tertiary/aromatic N) is 1. The Balaban J connectivity index is 1.72. The zero-order valence-electron chi connectivity index (χ0n) is 10.6. The Morgan fingerprint density at radius 2 is 1.78 bits per heavy atom. The molecule has 0 radical (unpaired) electrons. The summed E-state index contributed by atoms with van der Waals surface area (Å²) in [4.78, 5) is 2.39. The molecule has 0 amide bonds. The van der Waals surface area contributed by atoms with E-state index in [1.54, 1.807) is 0 Å². The summed E-state index contributed by atoms with van der Waals surface area (Å²) in [6.45, 7) is 3.70. The third-order valence-electron chi connectivity index (χ3n) is 3.68. The van der Waals surface area contributed by atoms with Crippen molar-refractivity contribution < 1.29 is 4.74 Å². The van der Waals surface area contributed by atoms with E-state index in [0.29, 0.717) is 5.92 Å². The Hall–Kier alpha value is -1.54. The molecule has 0 N–H and O–H groups in total. The molecule has 0 aromatic heterocycles. The van der Waals surface area contributed by atoms with E-state index in [2.05, 4.69) is 53.5 Å². The van der Waals surface area contributed by atoms with E-state index in [0.717, 1.165) is 32.7 Å². The Kier molecular flexibility index (Phi) is 3.47. The number of rotatable bonds is 2. The van der Waals surface area contributed by atoms with Crippen LogP contribution in [0.15, 0.2) is 48.6 Å². The van der Waals surface area contributed by atoms with Gasteiger partial charge < -0.3 is 9.64 Å². The maximum absolute atomic E-state index is 5.38. The van der Waals surface area contributed by atoms with Gasteiger partial charge in [0.15, 0.2) is 0 Å². The van der Waals surface area contributed by atoms with Gasteiger partial charge in [-0.15, -0.1) is 0 Å². The molecule has 1 aromatic carbocycles. The van der Waals surface area contributed by atoms with Crippen LogP contribution in [0, 0.1) is 0 Å². The first-order chi connectivity index (χ1) is 8.93. The molecule has 0 bridgehead atoms. The van der Waals surface area contributed by atoms with Crippen LogP contribution >= 0.6 is 0 Å². The van der Waals surface area contributed by atoms with E-state index in [1.165, 1.54) is 11.3 Å². The smallest absolute Gasteiger partial charge is 0.0642 e. The summed E-state index contributed by atoms with van der Waals surface area (Å²) < 4.78 is 5.38. The lowest BCUT2D eigenvalue weighted by Crippen LogP contribution is -2.36. The van der Waals surface area contributed by atoms with E-state index in [1.807, 2.05) is 0 Å². The number of anilines is 1. The molecule has 1 aliphatic carbocycles. The lowest BCUT2D eigenvalue weighted by molar-refractivity contribution is 0.122. The van der Waals surface area contributed by atoms with E-state index >= 15 is 0 Å². The first-order valence-electron chi connectivity index (χ1n) is 6.69. The fourth-order valence-corrected chi connectivity index (χ4v) is 2.58. The highest BCUT2D eigenvalue weighted by molar-refractivity contribution is 5.49. The number of benzene rings is 1. The summed E-state index contributed by atoms with van der Waals surface area (Å²) in [7, 11) is 0. The summed E-state index contributed by atoms with van der Waals surface area (Å²) in [5.74, 6) is 0.550. The minimum absolute atomic E-state index is 0.550. The van der Waals surface area contributed by atoms with Crippen LogP contribution in [0.2, 0.25) is 0 Å². The molecule has 1 aromatic rings. The number of hydrogen-bond acceptors (Lipinski definition) is 2. The number of ether oxygens (including phenoxy) is 1. The van der Waals surface area contributed by atoms with Crippen molar-refractivity contribution in [2.24, 2.45) is 0 Å². The topological polar surface area (TPSA) is 12.5 Å². The van der Waals surface area contributed by atoms with E-state index in [-0.39, 0.29) is 0 Å². The average Bonchev–Trinajstić information content (AvgIpc) is 2.49. The third kappa shape index (κ3) is 2.49. The van der Waals surface area contributed by atoms with Crippen molar-refractivity contribution in [2.75, 3.05) is 31.2 Å². The van der Waals surface area contributed by atoms with Crippen molar-refractivity contribution in [3.63, 3.8) is 0 Å². The molecular formula is C16H19NO. The van der Waals surface area contributed by atoms with Gasteiger partial charge in [-0.2, -0.15) is 0 Å². The quantitative estimate of drug-likeness (QED) is 0.788. The molecular weight excluding hydrogens is 222 g/mol. The van der Waals surface area contributed by atoms with Gasteiger partial charge in [-0.3, -0.25) is 0 Å². The van der Waals surface area contributed by atoms with Gasteiger partial charge >= 0.3 is 0 Å². The molecule has 2 heteroatoms. The molecule has 1 saturated heterocycles. The zero-order chi connectivity index (χ0) is 12.2. The molecule has 2 aliphatic rings. The standard InChI is InChI=1S/C16H19NO/c1-2-4-14(5-3-1)15-6-8-16(9-7-15)17-10-12-18-13-11-17/h1-4,6-9,14H,5,10-13H2. The SMILES string of the molecule is C1=CCC(c2ccc(N3CCOCC3)cc2)C=C1. The Morgan fingerprint density at radius 3 is 2.44 bits per heavy atom. The molecule has 2 nitrogen and oxygen atoms in total. The Bertz CT molecular complexity index is 441. The molecule has 1 fully saturated rings. The first kappa shape index (κ1) is 11.5. The molecule has 0 saturated carbocycles. The normalized spacial score (nSPS) is 23.3. The Labute approximate surface area is 109 Å². The third-order valence-corrected chi connectivity index (χ3v) is 3.68. The maximum Gasteiger partial charge on any atom is 0.0642 e. The minimum Gasteiger partial charge on any atom is -0.378 e. The van der Waals surface area contributed by atoms with Crippen molar-refractivity contribution in [1.29, 1.82) is 0 Å². The van der Waals surface area contributed by atoms with Gasteiger partial charge in [0.2, 0.25) is 0 Å². The van der Waals surface area contributed by atoms with Gasteiger partial charge in [0.1, 0.15) is 0 Å². The minimum atomic E-state index is 0.550. The van der Waals surface area contributed by atoms with Crippen LogP contribution in [-0.4, -0.2) is 26.3 Å². The Morgan fingerprint density at radius 1 is 1.00 bits per heavy atom. The highest BCUT2D eigenvalue weighted by atomic mass is 16.5. The van der Waals surface area contributed by atoms with Gasteiger partial charge in [-0.1, -0.05) is 36.4 Å². The molecule has 1 aliphatic heterocycles. The van der Waals surface area contributed by atoms with Crippen molar-refractivity contribution in [2.45, 2.75) is 12.3 Å². The highest BCUT2D eigenvalue weighted by Gasteiger charge is 2.12. The predicted octanol–water partition coefficient (Wildman–Crippen LogP) is 3.12. The summed E-state index contributed by atoms with van der Waals surface area (Å²) in [6, 6.07) is 9.01. The van der Waals surface area contributed by atoms with Gasteiger partial charge in [0, 0.05) is 24.7 Å². The lowest BCUT2D eigenvalue weighted by atomic mass is 9.92. The first-order valence-corrected chi connectivity index (χ1v) is 6.69. The van der Waals surface area contributed by atoms with Crippen LogP contribution < -0.4 is 4.90 Å². The van der Waals surface area contributed by atoms with E-state index in [9.17, 15) is 0 Å². The fourth-order valence-electron chi connectivity index (χ4n) is 2.58. The fraction of sp³-hybridized carbons (Fsp3) is 0.375. The van der Waals surface area contributed by atoms with Crippen LogP contribution in [-0.2, 0) is 4.74 Å². The lowest BCUT2D eigenvalue weighted by Gasteiger charge is -2.29. The monoisotopic (exact) mass is 241 g/mol. The largest absolute Gasteiger partial charge is 0.378 e. The van der Waals surface area contributed by atoms with Crippen LogP contribution in [0.1, 0.15) is 17.9 Å². The molecule has 1 unspecified atom stereocenters. The highest BCUT2D eigenvalue weighted by Crippen LogP contribution is 2.26. The molecule has 1 heterocycles. The molecule has 94 valence electrons. The van der Waals surface area contributed by atoms with Crippen LogP contribution in [0.3, 0.4) is 0 Å². The van der Waals surface area contributed by atoms with Gasteiger partial charge in [-0.25, -0.2) is 0 Å². The number of hydrogen-bond donors (Lipinski definition) is 0. The summed E-state index contributed by atoms with van der Waals surface area (Å²) in [5, 5.41) is 0. The average molecular weight is 241 g/mol. The zero-order valence-corrected chi connectivity index (χ0v) is 10.6. The molecule has 1 atom stereocenters. The van der Waals surface area contributed by atoms with Crippen molar-refractivity contribution in [3.8, 4) is 0 Å². The van der Waals surface area contributed by atoms with Crippen molar-refractivity contribution in [3.05, 3.63) is 54.1 Å². The second-order valence-electron chi connectivity index (χ2n) is 4.85. The van der Waals surface area contributed by atoms with Crippen LogP contribution in [0.4, 0.5) is 5.69 Å². The van der Waals surface area contributed by atoms with Gasteiger partial charge in [0.25, 0.3) is 0 Å². The van der Waals surface area contributed by atoms with Crippen LogP contribution in [0.5, 0.6) is 0 Å². The predicted molar refractivity (Wildman–Crippen MR) is 75.1 cm³/mol. The second kappa shape index (κ2) is 5.40. The van der Waals surface area contributed by atoms with Gasteiger partial charge in [0.05, 0.1) is 13.2 Å². The molecule has 3 rings (SSSR count). The van der Waals surface area contributed by atoms with E-state index < -0.39 is 0 Å². The number of morpholine rings is 1. The summed E-state index contributed by atoms with van der Waals surface area (Å²) in [6.07, 6.45) is 9.90. The van der Waals surface area contributed by atoms with Crippen LogP contribution in [0.25, 0.3) is 0 Å². The molecule has 0 spiro atoms. The van der Waals surface area contributed by atoms with E-state index in [4.69, 9.17) is 4.74 Å². The number of allylic oxidation sites excluding steroid dienone is 4. The van der Waals surface area contributed by atoms with Crippen molar-refractivity contribution >= 4 is 5.69 Å². The second-order valence-corrected chi connectivity index (χ2v) is 4.85. The summed E-state index contributed by atoms with van der Waals surface area (Å²) >= 11 is 0. The van der Waals surface area contributed by atoms with Gasteiger partial charge in [-0.05, 0) is 24.1 Å².